The Hall–Kier alpha value is -1.07. The molecule has 0 aromatic heterocycles. The summed E-state index contributed by atoms with van der Waals surface area (Å²) in [6.07, 6.45) is 1.01. The molecule has 0 bridgehead atoms. The molecule has 1 aromatic rings. The summed E-state index contributed by atoms with van der Waals surface area (Å²) in [5.41, 5.74) is 0.766. The molecule has 4 nitrogen and oxygen atoms in total. The highest BCUT2D eigenvalue weighted by molar-refractivity contribution is 9.10. The molecule has 2 N–H and O–H groups in total. The Labute approximate surface area is 122 Å². The molecule has 19 heavy (non-hydrogen) atoms. The van der Waals surface area contributed by atoms with Crippen molar-refractivity contribution in [1.82, 2.24) is 5.32 Å². The fourth-order valence-electron chi connectivity index (χ4n) is 2.10. The average Bonchev–Trinajstić information content (AvgIpc) is 2.79. The zero-order valence-corrected chi connectivity index (χ0v) is 12.8. The SMILES string of the molecule is CC(C)Oc1cc(Br)cc(NC(=O)C2CCNC2)c1. The van der Waals surface area contributed by atoms with E-state index in [4.69, 9.17) is 4.74 Å². The standard InChI is InChI=1S/C14H19BrN2O2/c1-9(2)19-13-6-11(15)5-12(7-13)17-14(18)10-3-4-16-8-10/h5-7,9-10,16H,3-4,8H2,1-2H3,(H,17,18). The summed E-state index contributed by atoms with van der Waals surface area (Å²) in [7, 11) is 0. The summed E-state index contributed by atoms with van der Waals surface area (Å²) >= 11 is 3.43. The normalized spacial score (nSPS) is 18.6. The van der Waals surface area contributed by atoms with Crippen LogP contribution in [0.2, 0.25) is 0 Å². The number of anilines is 1. The molecule has 1 aliphatic heterocycles. The number of carbonyl (C=O) groups is 1. The van der Waals surface area contributed by atoms with E-state index in [9.17, 15) is 4.79 Å². The van der Waals surface area contributed by atoms with Crippen LogP contribution < -0.4 is 15.4 Å². The molecule has 2 rings (SSSR count). The molecule has 1 saturated heterocycles. The minimum Gasteiger partial charge on any atom is -0.491 e. The fraction of sp³-hybridized carbons (Fsp3) is 0.500. The number of hydrogen-bond acceptors (Lipinski definition) is 3. The van der Waals surface area contributed by atoms with Gasteiger partial charge in [-0.3, -0.25) is 4.79 Å². The first-order valence-corrected chi connectivity index (χ1v) is 7.32. The molecular formula is C14H19BrN2O2. The molecule has 0 saturated carbocycles. The Morgan fingerprint density at radius 2 is 2.26 bits per heavy atom. The van der Waals surface area contributed by atoms with Crippen molar-refractivity contribution in [1.29, 1.82) is 0 Å². The third kappa shape index (κ3) is 4.21. The highest BCUT2D eigenvalue weighted by atomic mass is 79.9. The third-order valence-corrected chi connectivity index (χ3v) is 3.40. The Kier molecular flexibility index (Phi) is 4.82. The Morgan fingerprint density at radius 3 is 2.89 bits per heavy atom. The Morgan fingerprint density at radius 1 is 1.47 bits per heavy atom. The van der Waals surface area contributed by atoms with Crippen LogP contribution in [0.15, 0.2) is 22.7 Å². The van der Waals surface area contributed by atoms with Crippen LogP contribution in [-0.2, 0) is 4.79 Å². The second-order valence-electron chi connectivity index (χ2n) is 5.02. The summed E-state index contributed by atoms with van der Waals surface area (Å²) in [4.78, 5) is 12.1. The largest absolute Gasteiger partial charge is 0.491 e. The zero-order chi connectivity index (χ0) is 13.8. The Balaban J connectivity index is 2.06. The van der Waals surface area contributed by atoms with Crippen LogP contribution in [-0.4, -0.2) is 25.1 Å². The molecule has 1 atom stereocenters. The summed E-state index contributed by atoms with van der Waals surface area (Å²) < 4.78 is 6.54. The zero-order valence-electron chi connectivity index (χ0n) is 11.2. The fourth-order valence-corrected chi connectivity index (χ4v) is 2.57. The van der Waals surface area contributed by atoms with E-state index in [1.165, 1.54) is 0 Å². The number of halogens is 1. The maximum atomic E-state index is 12.1. The van der Waals surface area contributed by atoms with Gasteiger partial charge in [0.05, 0.1) is 12.0 Å². The van der Waals surface area contributed by atoms with E-state index in [1.54, 1.807) is 0 Å². The number of rotatable bonds is 4. The summed E-state index contributed by atoms with van der Waals surface area (Å²) in [5, 5.41) is 6.14. The molecule has 1 amide bonds. The van der Waals surface area contributed by atoms with E-state index in [0.717, 1.165) is 35.4 Å². The molecule has 1 heterocycles. The molecule has 0 spiro atoms. The molecule has 104 valence electrons. The van der Waals surface area contributed by atoms with Crippen LogP contribution in [0.5, 0.6) is 5.75 Å². The van der Waals surface area contributed by atoms with Gasteiger partial charge in [0.2, 0.25) is 5.91 Å². The summed E-state index contributed by atoms with van der Waals surface area (Å²) in [5.74, 6) is 0.885. The highest BCUT2D eigenvalue weighted by Gasteiger charge is 2.22. The first kappa shape index (κ1) is 14.3. The lowest BCUT2D eigenvalue weighted by Crippen LogP contribution is -2.24. The van der Waals surface area contributed by atoms with Gasteiger partial charge in [-0.05, 0) is 38.9 Å². The predicted octanol–water partition coefficient (Wildman–Crippen LogP) is 2.78. The second-order valence-corrected chi connectivity index (χ2v) is 5.94. The lowest BCUT2D eigenvalue weighted by atomic mass is 10.1. The van der Waals surface area contributed by atoms with Crippen molar-refractivity contribution in [3.63, 3.8) is 0 Å². The smallest absolute Gasteiger partial charge is 0.228 e. The van der Waals surface area contributed by atoms with Gasteiger partial charge in [0.1, 0.15) is 5.75 Å². The van der Waals surface area contributed by atoms with Crippen molar-refractivity contribution in [2.45, 2.75) is 26.4 Å². The van der Waals surface area contributed by atoms with Gasteiger partial charge in [0.15, 0.2) is 0 Å². The third-order valence-electron chi connectivity index (χ3n) is 2.94. The van der Waals surface area contributed by atoms with E-state index in [0.29, 0.717) is 0 Å². The van der Waals surface area contributed by atoms with Crippen LogP contribution in [0.4, 0.5) is 5.69 Å². The predicted molar refractivity (Wildman–Crippen MR) is 79.5 cm³/mol. The van der Waals surface area contributed by atoms with E-state index in [-0.39, 0.29) is 17.9 Å². The van der Waals surface area contributed by atoms with Crippen molar-refractivity contribution >= 4 is 27.5 Å². The quantitative estimate of drug-likeness (QED) is 0.894. The van der Waals surface area contributed by atoms with Gasteiger partial charge in [-0.1, -0.05) is 15.9 Å². The van der Waals surface area contributed by atoms with Gasteiger partial charge in [0, 0.05) is 22.8 Å². The van der Waals surface area contributed by atoms with Crippen molar-refractivity contribution in [2.75, 3.05) is 18.4 Å². The van der Waals surface area contributed by atoms with Gasteiger partial charge in [-0.25, -0.2) is 0 Å². The maximum absolute atomic E-state index is 12.1. The molecule has 0 aliphatic carbocycles. The van der Waals surface area contributed by atoms with Gasteiger partial charge >= 0.3 is 0 Å². The highest BCUT2D eigenvalue weighted by Crippen LogP contribution is 2.26. The molecule has 1 unspecified atom stereocenters. The van der Waals surface area contributed by atoms with Crippen molar-refractivity contribution in [3.8, 4) is 5.75 Å². The number of carbonyl (C=O) groups excluding carboxylic acids is 1. The first-order valence-electron chi connectivity index (χ1n) is 6.53. The number of nitrogens with one attached hydrogen (secondary N) is 2. The van der Waals surface area contributed by atoms with Crippen LogP contribution in [0.3, 0.4) is 0 Å². The van der Waals surface area contributed by atoms with E-state index in [2.05, 4.69) is 26.6 Å². The lowest BCUT2D eigenvalue weighted by Gasteiger charge is -2.14. The maximum Gasteiger partial charge on any atom is 0.228 e. The van der Waals surface area contributed by atoms with Gasteiger partial charge in [-0.15, -0.1) is 0 Å². The number of hydrogen-bond donors (Lipinski definition) is 2. The molecular weight excluding hydrogens is 308 g/mol. The van der Waals surface area contributed by atoms with Crippen LogP contribution in [0.25, 0.3) is 0 Å². The Bertz CT molecular complexity index is 457. The van der Waals surface area contributed by atoms with Crippen molar-refractivity contribution in [3.05, 3.63) is 22.7 Å². The van der Waals surface area contributed by atoms with Gasteiger partial charge < -0.3 is 15.4 Å². The van der Waals surface area contributed by atoms with Crippen molar-refractivity contribution in [2.24, 2.45) is 5.92 Å². The second kappa shape index (κ2) is 6.39. The van der Waals surface area contributed by atoms with Crippen LogP contribution in [0, 0.1) is 5.92 Å². The number of amides is 1. The van der Waals surface area contributed by atoms with Gasteiger partial charge in [0.25, 0.3) is 0 Å². The average molecular weight is 327 g/mol. The summed E-state index contributed by atoms with van der Waals surface area (Å²) in [6.45, 7) is 5.63. The number of benzene rings is 1. The molecule has 5 heteroatoms. The van der Waals surface area contributed by atoms with Crippen molar-refractivity contribution < 1.29 is 9.53 Å². The van der Waals surface area contributed by atoms with E-state index >= 15 is 0 Å². The molecule has 0 radical (unpaired) electrons. The molecule has 1 aromatic carbocycles. The van der Waals surface area contributed by atoms with Crippen LogP contribution in [0.1, 0.15) is 20.3 Å². The van der Waals surface area contributed by atoms with E-state index < -0.39 is 0 Å². The van der Waals surface area contributed by atoms with Crippen LogP contribution >= 0.6 is 15.9 Å². The molecule has 1 fully saturated rings. The topological polar surface area (TPSA) is 50.4 Å². The lowest BCUT2D eigenvalue weighted by molar-refractivity contribution is -0.119. The monoisotopic (exact) mass is 326 g/mol. The minimum atomic E-state index is 0.0634. The molecule has 1 aliphatic rings. The minimum absolute atomic E-state index is 0.0634. The summed E-state index contributed by atoms with van der Waals surface area (Å²) in [6, 6.07) is 5.63. The van der Waals surface area contributed by atoms with Gasteiger partial charge in [-0.2, -0.15) is 0 Å². The van der Waals surface area contributed by atoms with E-state index in [1.807, 2.05) is 32.0 Å². The first-order chi connectivity index (χ1) is 9.04. The number of ether oxygens (including phenoxy) is 1.